The third kappa shape index (κ3) is 3.94. The van der Waals surface area contributed by atoms with E-state index < -0.39 is 12.0 Å². The van der Waals surface area contributed by atoms with Crippen molar-refractivity contribution in [2.75, 3.05) is 33.9 Å². The van der Waals surface area contributed by atoms with Crippen LogP contribution in [-0.2, 0) is 19.1 Å². The maximum Gasteiger partial charge on any atom is 0.327 e. The van der Waals surface area contributed by atoms with E-state index in [0.717, 1.165) is 0 Å². The number of nitrogens with zero attached hydrogens (tertiary/aromatic N) is 1. The first-order valence-electron chi connectivity index (χ1n) is 5.75. The fourth-order valence-electron chi connectivity index (χ4n) is 2.11. The number of carboxylic acids is 1. The van der Waals surface area contributed by atoms with E-state index in [4.69, 9.17) is 14.6 Å². The van der Waals surface area contributed by atoms with Crippen LogP contribution in [0.25, 0.3) is 0 Å². The second kappa shape index (κ2) is 6.67. The number of likely N-dealkylation sites (tertiary alicyclic amines) is 1. The van der Waals surface area contributed by atoms with Gasteiger partial charge in [-0.25, -0.2) is 4.79 Å². The molecule has 7 nitrogen and oxygen atoms in total. The quantitative estimate of drug-likeness (QED) is 0.631. The van der Waals surface area contributed by atoms with Crippen molar-refractivity contribution in [1.29, 1.82) is 0 Å². The number of amides is 1. The molecule has 0 spiro atoms. The number of ether oxygens (including phenoxy) is 2. The molecule has 1 saturated heterocycles. The smallest absolute Gasteiger partial charge is 0.327 e. The van der Waals surface area contributed by atoms with Crippen LogP contribution < -0.4 is 5.32 Å². The molecule has 0 bridgehead atoms. The van der Waals surface area contributed by atoms with E-state index in [1.165, 1.54) is 6.92 Å². The summed E-state index contributed by atoms with van der Waals surface area (Å²) in [6.45, 7) is 2.74. The van der Waals surface area contributed by atoms with E-state index in [1.54, 1.807) is 14.2 Å². The van der Waals surface area contributed by atoms with Crippen LogP contribution in [0.1, 0.15) is 6.92 Å². The van der Waals surface area contributed by atoms with Gasteiger partial charge < -0.3 is 19.9 Å². The fraction of sp³-hybridized carbons (Fsp3) is 0.818. The molecule has 1 fully saturated rings. The van der Waals surface area contributed by atoms with Crippen molar-refractivity contribution in [3.63, 3.8) is 0 Å². The number of carbonyl (C=O) groups excluding carboxylic acids is 1. The third-order valence-electron chi connectivity index (χ3n) is 3.01. The highest BCUT2D eigenvalue weighted by Crippen LogP contribution is 2.15. The Balaban J connectivity index is 2.55. The molecule has 7 heteroatoms. The Bertz CT molecular complexity index is 298. The van der Waals surface area contributed by atoms with Gasteiger partial charge in [-0.1, -0.05) is 0 Å². The summed E-state index contributed by atoms with van der Waals surface area (Å²) in [5.41, 5.74) is 0. The van der Waals surface area contributed by atoms with Crippen molar-refractivity contribution in [2.45, 2.75) is 25.2 Å². The summed E-state index contributed by atoms with van der Waals surface area (Å²) in [7, 11) is 3.20. The van der Waals surface area contributed by atoms with Crippen molar-refractivity contribution >= 4 is 11.9 Å². The van der Waals surface area contributed by atoms with Crippen molar-refractivity contribution < 1.29 is 24.2 Å². The van der Waals surface area contributed by atoms with Gasteiger partial charge in [0.2, 0.25) is 5.91 Å². The molecule has 0 aliphatic carbocycles. The van der Waals surface area contributed by atoms with Gasteiger partial charge in [-0.3, -0.25) is 9.69 Å². The molecule has 0 saturated carbocycles. The largest absolute Gasteiger partial charge is 0.480 e. The molecule has 1 amide bonds. The minimum absolute atomic E-state index is 0.0678. The molecule has 3 atom stereocenters. The van der Waals surface area contributed by atoms with Gasteiger partial charge in [0, 0.05) is 40.8 Å². The summed E-state index contributed by atoms with van der Waals surface area (Å²) in [6, 6.07) is -0.907. The molecule has 104 valence electrons. The minimum Gasteiger partial charge on any atom is -0.480 e. The Labute approximate surface area is 106 Å². The van der Waals surface area contributed by atoms with Crippen molar-refractivity contribution in [1.82, 2.24) is 10.2 Å². The minimum atomic E-state index is -1.04. The highest BCUT2D eigenvalue weighted by molar-refractivity contribution is 5.82. The summed E-state index contributed by atoms with van der Waals surface area (Å²) < 4.78 is 10.5. The maximum absolute atomic E-state index is 11.0. The number of methoxy groups -OCH3 is 2. The molecule has 0 radical (unpaired) electrons. The van der Waals surface area contributed by atoms with Gasteiger partial charge in [0.1, 0.15) is 6.04 Å². The van der Waals surface area contributed by atoms with Crippen LogP contribution in [0.5, 0.6) is 0 Å². The zero-order valence-corrected chi connectivity index (χ0v) is 10.9. The zero-order valence-electron chi connectivity index (χ0n) is 10.9. The van der Waals surface area contributed by atoms with Gasteiger partial charge in [-0.2, -0.15) is 0 Å². The summed E-state index contributed by atoms with van der Waals surface area (Å²) in [4.78, 5) is 23.9. The van der Waals surface area contributed by atoms with Gasteiger partial charge >= 0.3 is 5.97 Å². The monoisotopic (exact) mass is 260 g/mol. The summed E-state index contributed by atoms with van der Waals surface area (Å²) in [6.07, 6.45) is -0.136. The molecule has 1 rings (SSSR count). The SMILES string of the molecule is COC1CN(CC(NC(C)=O)C(=O)O)CC1OC. The normalized spacial score (nSPS) is 25.9. The Kier molecular flexibility index (Phi) is 5.52. The summed E-state index contributed by atoms with van der Waals surface area (Å²) in [5, 5.41) is 11.4. The van der Waals surface area contributed by atoms with Gasteiger partial charge in [-0.15, -0.1) is 0 Å². The van der Waals surface area contributed by atoms with Crippen molar-refractivity contribution in [3.05, 3.63) is 0 Å². The maximum atomic E-state index is 11.0. The lowest BCUT2D eigenvalue weighted by Gasteiger charge is -2.20. The molecule has 18 heavy (non-hydrogen) atoms. The lowest BCUT2D eigenvalue weighted by atomic mass is 10.2. The van der Waals surface area contributed by atoms with E-state index >= 15 is 0 Å². The lowest BCUT2D eigenvalue weighted by molar-refractivity contribution is -0.142. The fourth-order valence-corrected chi connectivity index (χ4v) is 2.11. The van der Waals surface area contributed by atoms with E-state index in [-0.39, 0.29) is 24.7 Å². The number of carbonyl (C=O) groups is 2. The van der Waals surface area contributed by atoms with E-state index in [2.05, 4.69) is 5.32 Å². The average molecular weight is 260 g/mol. The summed E-state index contributed by atoms with van der Waals surface area (Å²) >= 11 is 0. The molecular formula is C11H20N2O5. The number of aliphatic carboxylic acids is 1. The summed E-state index contributed by atoms with van der Waals surface area (Å²) in [5.74, 6) is -1.40. The Morgan fingerprint density at radius 1 is 1.33 bits per heavy atom. The first-order valence-corrected chi connectivity index (χ1v) is 5.75. The first kappa shape index (κ1) is 14.9. The molecule has 0 aromatic heterocycles. The second-order valence-corrected chi connectivity index (χ2v) is 4.36. The molecule has 2 N–H and O–H groups in total. The van der Waals surface area contributed by atoms with Crippen molar-refractivity contribution in [3.8, 4) is 0 Å². The van der Waals surface area contributed by atoms with Gasteiger partial charge in [0.05, 0.1) is 12.2 Å². The van der Waals surface area contributed by atoms with Gasteiger partial charge in [0.25, 0.3) is 0 Å². The van der Waals surface area contributed by atoms with Crippen LogP contribution >= 0.6 is 0 Å². The zero-order chi connectivity index (χ0) is 13.7. The topological polar surface area (TPSA) is 88.1 Å². The Morgan fingerprint density at radius 2 is 1.83 bits per heavy atom. The molecule has 3 unspecified atom stereocenters. The second-order valence-electron chi connectivity index (χ2n) is 4.36. The Hall–Kier alpha value is -1.18. The third-order valence-corrected chi connectivity index (χ3v) is 3.01. The standard InChI is InChI=1S/C11H20N2O5/c1-7(14)12-8(11(15)16)4-13-5-9(17-2)10(6-13)18-3/h8-10H,4-6H2,1-3H3,(H,12,14)(H,15,16). The van der Waals surface area contributed by atoms with Crippen LogP contribution in [-0.4, -0.2) is 74.0 Å². The predicted octanol–water partition coefficient (Wildman–Crippen LogP) is -1.08. The van der Waals surface area contributed by atoms with E-state index in [0.29, 0.717) is 13.1 Å². The highest BCUT2D eigenvalue weighted by Gasteiger charge is 2.35. The van der Waals surface area contributed by atoms with Crippen LogP contribution in [0, 0.1) is 0 Å². The van der Waals surface area contributed by atoms with Gasteiger partial charge in [-0.05, 0) is 0 Å². The number of nitrogens with one attached hydrogen (secondary N) is 1. The average Bonchev–Trinajstić information content (AvgIpc) is 2.69. The van der Waals surface area contributed by atoms with Crippen LogP contribution in [0.3, 0.4) is 0 Å². The molecule has 0 aromatic rings. The first-order chi connectivity index (χ1) is 8.47. The number of rotatable bonds is 6. The highest BCUT2D eigenvalue weighted by atomic mass is 16.5. The molecular weight excluding hydrogens is 240 g/mol. The molecule has 1 aliphatic rings. The number of hydrogen-bond acceptors (Lipinski definition) is 5. The Morgan fingerprint density at radius 3 is 2.17 bits per heavy atom. The van der Waals surface area contributed by atoms with Crippen molar-refractivity contribution in [2.24, 2.45) is 0 Å². The molecule has 1 heterocycles. The number of carboxylic acid groups (broad SMARTS) is 1. The van der Waals surface area contributed by atoms with Crippen LogP contribution in [0.2, 0.25) is 0 Å². The molecule has 0 aromatic carbocycles. The van der Waals surface area contributed by atoms with E-state index in [9.17, 15) is 9.59 Å². The number of hydrogen-bond donors (Lipinski definition) is 2. The van der Waals surface area contributed by atoms with Gasteiger partial charge in [0.15, 0.2) is 0 Å². The lowest BCUT2D eigenvalue weighted by Crippen LogP contribution is -2.47. The van der Waals surface area contributed by atoms with Crippen LogP contribution in [0.4, 0.5) is 0 Å². The van der Waals surface area contributed by atoms with E-state index in [1.807, 2.05) is 4.90 Å². The predicted molar refractivity (Wildman–Crippen MR) is 63.3 cm³/mol. The molecule has 1 aliphatic heterocycles. The van der Waals surface area contributed by atoms with Crippen LogP contribution in [0.15, 0.2) is 0 Å².